The van der Waals surface area contributed by atoms with E-state index >= 15 is 0 Å². The number of esters is 1. The van der Waals surface area contributed by atoms with Gasteiger partial charge in [-0.3, -0.25) is 19.7 Å². The van der Waals surface area contributed by atoms with Crippen LogP contribution in [0, 0.1) is 17.0 Å². The fourth-order valence-corrected chi connectivity index (χ4v) is 2.11. The minimum atomic E-state index is -0.511. The summed E-state index contributed by atoms with van der Waals surface area (Å²) >= 11 is 0. The Balaban J connectivity index is 0.00000158. The molecule has 0 spiro atoms. The number of nitro groups is 1. The zero-order chi connectivity index (χ0) is 21.0. The number of ether oxygens (including phenoxy) is 1. The molecule has 0 bridgehead atoms. The number of nitro benzene ring substituents is 1. The number of hydrogen-bond acceptors (Lipinski definition) is 6. The highest BCUT2D eigenvalue weighted by Gasteiger charge is 2.13. The Morgan fingerprint density at radius 2 is 1.74 bits per heavy atom. The van der Waals surface area contributed by atoms with E-state index in [2.05, 4.69) is 14.7 Å². The minimum absolute atomic E-state index is 0.000177. The van der Waals surface area contributed by atoms with Gasteiger partial charge < -0.3 is 9.72 Å². The lowest BCUT2D eigenvalue weighted by atomic mass is 10.1. The van der Waals surface area contributed by atoms with Gasteiger partial charge in [-0.05, 0) is 12.5 Å². The zero-order valence-corrected chi connectivity index (χ0v) is 16.7. The monoisotopic (exact) mass is 377 g/mol. The molecule has 0 fully saturated rings. The largest absolute Gasteiger partial charge is 0.469 e. The van der Waals surface area contributed by atoms with E-state index < -0.39 is 10.9 Å². The molecule has 27 heavy (non-hydrogen) atoms. The molecule has 0 radical (unpaired) electrons. The lowest BCUT2D eigenvalue weighted by molar-refractivity contribution is -0.384. The normalized spacial score (nSPS) is 9.26. The van der Waals surface area contributed by atoms with Gasteiger partial charge in [0, 0.05) is 29.8 Å². The van der Waals surface area contributed by atoms with Crippen LogP contribution in [-0.4, -0.2) is 28.0 Å². The van der Waals surface area contributed by atoms with Gasteiger partial charge in [-0.25, -0.2) is 4.98 Å². The first-order chi connectivity index (χ1) is 12.9. The number of benzene rings is 1. The fraction of sp³-hybridized carbons (Fsp3) is 0.421. The Bertz CT molecular complexity index is 798. The van der Waals surface area contributed by atoms with Crippen molar-refractivity contribution in [2.24, 2.45) is 0 Å². The Labute approximate surface area is 158 Å². The van der Waals surface area contributed by atoms with E-state index in [-0.39, 0.29) is 23.2 Å². The summed E-state index contributed by atoms with van der Waals surface area (Å²) in [6.45, 7) is 9.65. The van der Waals surface area contributed by atoms with Crippen LogP contribution in [0.3, 0.4) is 0 Å². The molecule has 0 aliphatic heterocycles. The van der Waals surface area contributed by atoms with Crippen molar-refractivity contribution in [2.45, 2.75) is 47.5 Å². The van der Waals surface area contributed by atoms with Crippen molar-refractivity contribution < 1.29 is 14.5 Å². The highest BCUT2D eigenvalue weighted by atomic mass is 16.6. The van der Waals surface area contributed by atoms with Gasteiger partial charge in [0.25, 0.3) is 11.2 Å². The molecule has 148 valence electrons. The summed E-state index contributed by atoms with van der Waals surface area (Å²) in [4.78, 5) is 40.4. The second-order valence-electron chi connectivity index (χ2n) is 4.93. The number of H-pyrrole nitrogens is 1. The van der Waals surface area contributed by atoms with E-state index in [1.165, 1.54) is 19.2 Å². The average molecular weight is 377 g/mol. The van der Waals surface area contributed by atoms with E-state index in [9.17, 15) is 19.7 Å². The van der Waals surface area contributed by atoms with Crippen LogP contribution in [0.15, 0.2) is 29.1 Å². The van der Waals surface area contributed by atoms with Crippen LogP contribution in [0.4, 0.5) is 5.69 Å². The summed E-state index contributed by atoms with van der Waals surface area (Å²) in [5, 5.41) is 10.6. The Kier molecular flexibility index (Phi) is 11.0. The molecule has 0 saturated heterocycles. The summed E-state index contributed by atoms with van der Waals surface area (Å²) < 4.78 is 4.55. The number of carbonyl (C=O) groups is 1. The smallest absolute Gasteiger partial charge is 0.310 e. The van der Waals surface area contributed by atoms with Gasteiger partial charge in [0.2, 0.25) is 0 Å². The van der Waals surface area contributed by atoms with Gasteiger partial charge >= 0.3 is 5.97 Å². The molecule has 0 saturated carbocycles. The molecule has 0 unspecified atom stereocenters. The molecule has 2 rings (SSSR count). The fourth-order valence-electron chi connectivity index (χ4n) is 2.11. The second kappa shape index (κ2) is 12.3. The van der Waals surface area contributed by atoms with Crippen LogP contribution in [0.25, 0.3) is 0 Å². The molecule has 1 heterocycles. The van der Waals surface area contributed by atoms with E-state index in [1.807, 2.05) is 27.7 Å². The van der Waals surface area contributed by atoms with Crippen molar-refractivity contribution in [3.05, 3.63) is 67.4 Å². The van der Waals surface area contributed by atoms with Gasteiger partial charge in [0.1, 0.15) is 5.82 Å². The van der Waals surface area contributed by atoms with Gasteiger partial charge in [0.05, 0.1) is 18.5 Å². The Morgan fingerprint density at radius 1 is 1.19 bits per heavy atom. The molecule has 8 nitrogen and oxygen atoms in total. The summed E-state index contributed by atoms with van der Waals surface area (Å²) in [5.41, 5.74) is 1.11. The van der Waals surface area contributed by atoms with Crippen LogP contribution in [-0.2, 0) is 22.4 Å². The van der Waals surface area contributed by atoms with E-state index in [0.29, 0.717) is 17.9 Å². The van der Waals surface area contributed by atoms with Crippen molar-refractivity contribution in [3.63, 3.8) is 0 Å². The Hall–Kier alpha value is -3.03. The minimum Gasteiger partial charge on any atom is -0.469 e. The first kappa shape index (κ1) is 24.0. The summed E-state index contributed by atoms with van der Waals surface area (Å²) in [7, 11) is 1.25. The van der Waals surface area contributed by atoms with Crippen LogP contribution < -0.4 is 5.56 Å². The lowest BCUT2D eigenvalue weighted by Crippen LogP contribution is -2.22. The van der Waals surface area contributed by atoms with Gasteiger partial charge in [0.15, 0.2) is 0 Å². The number of aromatic amines is 1. The van der Waals surface area contributed by atoms with Gasteiger partial charge in [-0.2, -0.15) is 0 Å². The predicted molar refractivity (Wildman–Crippen MR) is 104 cm³/mol. The standard InChI is InChI=1S/C15H15N3O5.2C2H6/c1-9-12(8-14(19)23-2)15(20)17-13(16-9)7-10-3-5-11(6-4-10)18(21)22;2*1-2/h3-6H,7-8H2,1-2H3,(H,16,17,20);2*1-2H3. The SMILES string of the molecule is CC.CC.COC(=O)Cc1c(C)nc(Cc2ccc([N+](=O)[O-])cc2)[nH]c1=O. The molecule has 1 aromatic heterocycles. The first-order valence-corrected chi connectivity index (χ1v) is 8.79. The number of rotatable bonds is 5. The van der Waals surface area contributed by atoms with E-state index in [4.69, 9.17) is 0 Å². The number of carbonyl (C=O) groups excluding carboxylic acids is 1. The maximum absolute atomic E-state index is 12.1. The number of hydrogen-bond donors (Lipinski definition) is 1. The average Bonchev–Trinajstić information content (AvgIpc) is 2.68. The second-order valence-corrected chi connectivity index (χ2v) is 4.93. The Morgan fingerprint density at radius 3 is 2.19 bits per heavy atom. The molecule has 0 atom stereocenters. The summed E-state index contributed by atoms with van der Waals surface area (Å²) in [6, 6.07) is 6.00. The first-order valence-electron chi connectivity index (χ1n) is 8.79. The number of nitrogens with zero attached hydrogens (tertiary/aromatic N) is 2. The van der Waals surface area contributed by atoms with Gasteiger partial charge in [-0.15, -0.1) is 0 Å². The van der Waals surface area contributed by atoms with E-state index in [1.54, 1.807) is 19.1 Å². The van der Waals surface area contributed by atoms with Crippen molar-refractivity contribution in [1.82, 2.24) is 9.97 Å². The lowest BCUT2D eigenvalue weighted by Gasteiger charge is -2.07. The summed E-state index contributed by atoms with van der Waals surface area (Å²) in [5.74, 6) is -0.0847. The van der Waals surface area contributed by atoms with Gasteiger partial charge in [-0.1, -0.05) is 39.8 Å². The molecule has 0 aliphatic carbocycles. The van der Waals surface area contributed by atoms with Crippen molar-refractivity contribution in [2.75, 3.05) is 7.11 Å². The van der Waals surface area contributed by atoms with Crippen LogP contribution in [0.2, 0.25) is 0 Å². The summed E-state index contributed by atoms with van der Waals surface area (Å²) in [6.07, 6.45) is 0.190. The van der Waals surface area contributed by atoms with Crippen molar-refractivity contribution >= 4 is 11.7 Å². The number of methoxy groups -OCH3 is 1. The molecule has 2 aromatic rings. The number of nitrogens with one attached hydrogen (secondary N) is 1. The maximum Gasteiger partial charge on any atom is 0.310 e. The molecule has 1 aromatic carbocycles. The third-order valence-corrected chi connectivity index (χ3v) is 3.34. The number of non-ortho nitro benzene ring substituents is 1. The van der Waals surface area contributed by atoms with Crippen LogP contribution >= 0.6 is 0 Å². The molecule has 8 heteroatoms. The third-order valence-electron chi connectivity index (χ3n) is 3.34. The molecular weight excluding hydrogens is 350 g/mol. The van der Waals surface area contributed by atoms with Crippen LogP contribution in [0.5, 0.6) is 0 Å². The van der Waals surface area contributed by atoms with E-state index in [0.717, 1.165) is 5.56 Å². The number of aromatic nitrogens is 2. The van der Waals surface area contributed by atoms with Crippen molar-refractivity contribution in [1.29, 1.82) is 0 Å². The predicted octanol–water partition coefficient (Wildman–Crippen LogP) is 3.35. The number of aryl methyl sites for hydroxylation is 1. The topological polar surface area (TPSA) is 115 Å². The van der Waals surface area contributed by atoms with Crippen molar-refractivity contribution in [3.8, 4) is 0 Å². The zero-order valence-electron chi connectivity index (χ0n) is 16.7. The molecular formula is C19H27N3O5. The molecule has 0 aliphatic rings. The van der Waals surface area contributed by atoms with Crippen LogP contribution in [0.1, 0.15) is 50.3 Å². The highest BCUT2D eigenvalue weighted by molar-refractivity contribution is 5.72. The highest BCUT2D eigenvalue weighted by Crippen LogP contribution is 2.14. The molecule has 0 amide bonds. The maximum atomic E-state index is 12.1. The quantitative estimate of drug-likeness (QED) is 0.485. The third kappa shape index (κ3) is 7.39. The molecule has 1 N–H and O–H groups in total.